The third-order valence-electron chi connectivity index (χ3n) is 7.68. The molecule has 0 spiro atoms. The van der Waals surface area contributed by atoms with Crippen molar-refractivity contribution < 1.29 is 31.8 Å². The van der Waals surface area contributed by atoms with Crippen molar-refractivity contribution in [2.45, 2.75) is 25.9 Å². The molecule has 232 valence electrons. The molecule has 0 N–H and O–H groups in total. The van der Waals surface area contributed by atoms with E-state index in [2.05, 4.69) is 9.72 Å². The molecule has 1 aliphatic rings. The van der Waals surface area contributed by atoms with Crippen LogP contribution in [0.2, 0.25) is 0 Å². The number of hydrogen-bond donors (Lipinski definition) is 0. The van der Waals surface area contributed by atoms with Gasteiger partial charge < -0.3 is 23.8 Å². The van der Waals surface area contributed by atoms with Gasteiger partial charge in [0, 0.05) is 38.8 Å². The van der Waals surface area contributed by atoms with Crippen LogP contribution in [-0.2, 0) is 24.4 Å². The van der Waals surface area contributed by atoms with Crippen molar-refractivity contribution in [3.8, 4) is 11.5 Å². The number of benzene rings is 4. The van der Waals surface area contributed by atoms with E-state index in [0.717, 1.165) is 5.56 Å². The summed E-state index contributed by atoms with van der Waals surface area (Å²) in [5.41, 5.74) is 3.11. The SMILES string of the molecule is O=C(Cc1ccccc1)N1CCN(c2cc3c(cc2F)nc(COc2ccccc2)n3Cc2ccc(OC(F)(F)F)cc2)CC1. The normalized spacial score (nSPS) is 13.7. The summed E-state index contributed by atoms with van der Waals surface area (Å²) in [5.74, 6) is 0.443. The lowest BCUT2D eigenvalue weighted by Crippen LogP contribution is -2.49. The number of piperazine rings is 1. The van der Waals surface area contributed by atoms with Gasteiger partial charge in [0.1, 0.15) is 29.7 Å². The van der Waals surface area contributed by atoms with E-state index in [1.807, 2.05) is 70.1 Å². The molecule has 5 aromatic rings. The van der Waals surface area contributed by atoms with Crippen LogP contribution >= 0.6 is 0 Å². The average Bonchev–Trinajstić information content (AvgIpc) is 3.36. The lowest BCUT2D eigenvalue weighted by molar-refractivity contribution is -0.274. The highest BCUT2D eigenvalue weighted by Crippen LogP contribution is 2.30. The van der Waals surface area contributed by atoms with Gasteiger partial charge in [-0.15, -0.1) is 13.2 Å². The van der Waals surface area contributed by atoms with Gasteiger partial charge in [-0.2, -0.15) is 0 Å². The molecule has 7 nitrogen and oxygen atoms in total. The van der Waals surface area contributed by atoms with Gasteiger partial charge in [0.05, 0.1) is 23.1 Å². The van der Waals surface area contributed by atoms with Crippen LogP contribution in [0, 0.1) is 5.82 Å². The number of rotatable bonds is 9. The molecular weight excluding hydrogens is 588 g/mol. The Kier molecular flexibility index (Phi) is 8.59. The zero-order valence-corrected chi connectivity index (χ0v) is 24.2. The number of halogens is 4. The minimum Gasteiger partial charge on any atom is -0.486 e. The summed E-state index contributed by atoms with van der Waals surface area (Å²) in [7, 11) is 0. The standard InChI is InChI=1S/C34H30F4N4O3/c35-28-20-29-31(21-30(28)40-15-17-41(18-16-40)33(43)19-24-7-3-1-4-8-24)42(32(39-29)23-44-26-9-5-2-6-10-26)22-25-11-13-27(14-12-25)45-34(36,37)38/h1-14,20-21H,15-19,22-23H2. The lowest BCUT2D eigenvalue weighted by Gasteiger charge is -2.36. The van der Waals surface area contributed by atoms with E-state index < -0.39 is 12.2 Å². The summed E-state index contributed by atoms with van der Waals surface area (Å²) in [5, 5.41) is 0. The van der Waals surface area contributed by atoms with E-state index in [9.17, 15) is 18.0 Å². The van der Waals surface area contributed by atoms with E-state index in [4.69, 9.17) is 4.74 Å². The summed E-state index contributed by atoms with van der Waals surface area (Å²) >= 11 is 0. The van der Waals surface area contributed by atoms with Crippen molar-refractivity contribution in [3.63, 3.8) is 0 Å². The van der Waals surface area contributed by atoms with Crippen molar-refractivity contribution in [1.29, 1.82) is 0 Å². The van der Waals surface area contributed by atoms with Crippen molar-refractivity contribution >= 4 is 22.6 Å². The second-order valence-electron chi connectivity index (χ2n) is 10.7. The molecule has 11 heteroatoms. The van der Waals surface area contributed by atoms with E-state index in [1.165, 1.54) is 18.2 Å². The molecule has 0 saturated carbocycles. The highest BCUT2D eigenvalue weighted by atomic mass is 19.4. The second kappa shape index (κ2) is 12.9. The minimum atomic E-state index is -4.79. The predicted molar refractivity (Wildman–Crippen MR) is 162 cm³/mol. The van der Waals surface area contributed by atoms with Crippen LogP contribution in [-0.4, -0.2) is 52.9 Å². The van der Waals surface area contributed by atoms with Crippen LogP contribution in [0.3, 0.4) is 0 Å². The minimum absolute atomic E-state index is 0.0320. The molecule has 0 atom stereocenters. The number of amides is 1. The summed E-state index contributed by atoms with van der Waals surface area (Å²) in [6.45, 7) is 2.19. The molecule has 6 rings (SSSR count). The topological polar surface area (TPSA) is 59.8 Å². The number of aromatic nitrogens is 2. The fourth-order valence-electron chi connectivity index (χ4n) is 5.44. The van der Waals surface area contributed by atoms with E-state index in [-0.39, 0.29) is 24.8 Å². The molecule has 1 amide bonds. The van der Waals surface area contributed by atoms with Crippen molar-refractivity contribution in [3.05, 3.63) is 120 Å². The Hall–Kier alpha value is -5.06. The first-order valence-electron chi connectivity index (χ1n) is 14.5. The Labute approximate surface area is 257 Å². The third kappa shape index (κ3) is 7.36. The van der Waals surface area contributed by atoms with Crippen LogP contribution in [0.5, 0.6) is 11.5 Å². The Morgan fingerprint density at radius 1 is 0.800 bits per heavy atom. The number of fused-ring (bicyclic) bond motifs is 1. The van der Waals surface area contributed by atoms with Crippen LogP contribution in [0.15, 0.2) is 97.1 Å². The Morgan fingerprint density at radius 2 is 1.47 bits per heavy atom. The summed E-state index contributed by atoms with van der Waals surface area (Å²) in [6, 6.07) is 27.5. The molecule has 1 fully saturated rings. The van der Waals surface area contributed by atoms with Crippen LogP contribution in [0.25, 0.3) is 11.0 Å². The molecule has 0 unspecified atom stereocenters. The quantitative estimate of drug-likeness (QED) is 0.175. The van der Waals surface area contributed by atoms with Crippen LogP contribution in [0.4, 0.5) is 23.2 Å². The Balaban J connectivity index is 1.24. The first-order chi connectivity index (χ1) is 21.7. The molecule has 2 heterocycles. The van der Waals surface area contributed by atoms with Gasteiger partial charge >= 0.3 is 6.36 Å². The first-order valence-corrected chi connectivity index (χ1v) is 14.5. The zero-order valence-electron chi connectivity index (χ0n) is 24.2. The van der Waals surface area contributed by atoms with E-state index in [0.29, 0.717) is 66.5 Å². The number of carbonyl (C=O) groups is 1. The summed E-state index contributed by atoms with van der Waals surface area (Å²) in [4.78, 5) is 21.3. The van der Waals surface area contributed by atoms with Crippen molar-refractivity contribution in [2.75, 3.05) is 31.1 Å². The maximum atomic E-state index is 15.5. The predicted octanol–water partition coefficient (Wildman–Crippen LogP) is 6.59. The number of ether oxygens (including phenoxy) is 2. The zero-order chi connectivity index (χ0) is 31.4. The van der Waals surface area contributed by atoms with Crippen molar-refractivity contribution in [1.82, 2.24) is 14.5 Å². The summed E-state index contributed by atoms with van der Waals surface area (Å²) < 4.78 is 65.4. The highest BCUT2D eigenvalue weighted by Gasteiger charge is 2.31. The molecule has 0 radical (unpaired) electrons. The first kappa shape index (κ1) is 30.0. The molecule has 45 heavy (non-hydrogen) atoms. The summed E-state index contributed by atoms with van der Waals surface area (Å²) in [6.07, 6.45) is -4.47. The molecule has 1 saturated heterocycles. The highest BCUT2D eigenvalue weighted by molar-refractivity contribution is 5.82. The van der Waals surface area contributed by atoms with Gasteiger partial charge in [-0.1, -0.05) is 60.7 Å². The largest absolute Gasteiger partial charge is 0.573 e. The van der Waals surface area contributed by atoms with Gasteiger partial charge in [-0.25, -0.2) is 9.37 Å². The second-order valence-corrected chi connectivity index (χ2v) is 10.7. The van der Waals surface area contributed by atoms with Gasteiger partial charge in [0.15, 0.2) is 0 Å². The van der Waals surface area contributed by atoms with Crippen LogP contribution in [0.1, 0.15) is 17.0 Å². The maximum absolute atomic E-state index is 15.5. The molecule has 1 aliphatic heterocycles. The van der Waals surface area contributed by atoms with Gasteiger partial charge in [-0.05, 0) is 41.5 Å². The third-order valence-corrected chi connectivity index (χ3v) is 7.68. The average molecular weight is 619 g/mol. The van der Waals surface area contributed by atoms with E-state index in [1.54, 1.807) is 23.1 Å². The number of para-hydroxylation sites is 1. The molecule has 0 aliphatic carbocycles. The Bertz CT molecular complexity index is 1750. The fraction of sp³-hybridized carbons (Fsp3) is 0.235. The number of alkyl halides is 3. The number of imidazole rings is 1. The van der Waals surface area contributed by atoms with Gasteiger partial charge in [0.2, 0.25) is 5.91 Å². The van der Waals surface area contributed by atoms with Crippen LogP contribution < -0.4 is 14.4 Å². The number of nitrogens with zero attached hydrogens (tertiary/aromatic N) is 4. The lowest BCUT2D eigenvalue weighted by atomic mass is 10.1. The fourth-order valence-corrected chi connectivity index (χ4v) is 5.44. The van der Waals surface area contributed by atoms with Gasteiger partial charge in [0.25, 0.3) is 0 Å². The smallest absolute Gasteiger partial charge is 0.486 e. The molecule has 1 aromatic heterocycles. The Morgan fingerprint density at radius 3 is 2.13 bits per heavy atom. The molecule has 0 bridgehead atoms. The monoisotopic (exact) mass is 618 g/mol. The maximum Gasteiger partial charge on any atom is 0.573 e. The number of anilines is 1. The molecular formula is C34H30F4N4O3. The number of carbonyl (C=O) groups excluding carboxylic acids is 1. The molecule has 4 aromatic carbocycles. The van der Waals surface area contributed by atoms with E-state index >= 15 is 4.39 Å². The number of hydrogen-bond acceptors (Lipinski definition) is 5. The van der Waals surface area contributed by atoms with Crippen molar-refractivity contribution in [2.24, 2.45) is 0 Å². The van der Waals surface area contributed by atoms with Gasteiger partial charge in [-0.3, -0.25) is 4.79 Å².